The summed E-state index contributed by atoms with van der Waals surface area (Å²) < 4.78 is 25.1. The second-order valence-electron chi connectivity index (χ2n) is 8.43. The van der Waals surface area contributed by atoms with Crippen LogP contribution in [0.15, 0.2) is 30.5 Å². The average molecular weight is 426 g/mol. The second kappa shape index (κ2) is 9.21. The summed E-state index contributed by atoms with van der Waals surface area (Å²) in [5.74, 6) is 0.639. The Bertz CT molecular complexity index is 989. The highest BCUT2D eigenvalue weighted by Crippen LogP contribution is 2.38. The Hall–Kier alpha value is -3.34. The number of nitrogens with one attached hydrogen (secondary N) is 1. The molecule has 0 radical (unpaired) electrons. The van der Waals surface area contributed by atoms with Crippen LogP contribution in [0, 0.1) is 17.1 Å². The Morgan fingerprint density at radius 3 is 2.58 bits per heavy atom. The van der Waals surface area contributed by atoms with E-state index < -0.39 is 17.5 Å². The highest BCUT2D eigenvalue weighted by Gasteiger charge is 2.26. The van der Waals surface area contributed by atoms with Gasteiger partial charge in [-0.15, -0.1) is 0 Å². The summed E-state index contributed by atoms with van der Waals surface area (Å²) >= 11 is 0. The van der Waals surface area contributed by atoms with Gasteiger partial charge in [-0.2, -0.15) is 5.26 Å². The molecule has 0 bridgehead atoms. The van der Waals surface area contributed by atoms with Crippen LogP contribution in [0.5, 0.6) is 5.75 Å². The predicted molar refractivity (Wildman–Crippen MR) is 116 cm³/mol. The lowest BCUT2D eigenvalue weighted by Gasteiger charge is -2.34. The van der Waals surface area contributed by atoms with E-state index in [2.05, 4.69) is 15.2 Å². The van der Waals surface area contributed by atoms with Crippen molar-refractivity contribution in [3.05, 3.63) is 41.8 Å². The molecule has 0 atom stereocenters. The molecule has 0 aliphatic carbocycles. The fourth-order valence-electron chi connectivity index (χ4n) is 3.57. The third kappa shape index (κ3) is 5.43. The van der Waals surface area contributed by atoms with Gasteiger partial charge in [-0.25, -0.2) is 14.2 Å². The first-order valence-corrected chi connectivity index (χ1v) is 10.2. The molecule has 2 aromatic rings. The monoisotopic (exact) mass is 426 g/mol. The topological polar surface area (TPSA) is 87.5 Å². The summed E-state index contributed by atoms with van der Waals surface area (Å²) in [6.07, 6.45) is 2.72. The van der Waals surface area contributed by atoms with Crippen molar-refractivity contribution in [3.63, 3.8) is 0 Å². The van der Waals surface area contributed by atoms with E-state index in [1.54, 1.807) is 25.4 Å². The maximum Gasteiger partial charge on any atom is 0.407 e. The number of benzene rings is 1. The summed E-state index contributed by atoms with van der Waals surface area (Å²) in [7, 11) is 1.56. The molecule has 0 saturated carbocycles. The van der Waals surface area contributed by atoms with Crippen LogP contribution in [0.2, 0.25) is 0 Å². The minimum Gasteiger partial charge on any atom is -0.492 e. The second-order valence-corrected chi connectivity index (χ2v) is 8.43. The Balaban J connectivity index is 1.75. The lowest BCUT2D eigenvalue weighted by Crippen LogP contribution is -2.46. The molecule has 164 valence electrons. The normalized spacial score (nSPS) is 14.6. The Morgan fingerprint density at radius 2 is 2.00 bits per heavy atom. The third-order valence-corrected chi connectivity index (χ3v) is 5.01. The van der Waals surface area contributed by atoms with Crippen molar-refractivity contribution < 1.29 is 18.7 Å². The Labute approximate surface area is 181 Å². The molecule has 31 heavy (non-hydrogen) atoms. The highest BCUT2D eigenvalue weighted by molar-refractivity contribution is 5.77. The van der Waals surface area contributed by atoms with Crippen molar-refractivity contribution in [1.29, 1.82) is 5.26 Å². The number of pyridine rings is 1. The number of hydrogen-bond acceptors (Lipinski definition) is 6. The number of halogens is 1. The number of hydrogen-bond donors (Lipinski definition) is 1. The van der Waals surface area contributed by atoms with E-state index in [0.29, 0.717) is 35.8 Å². The maximum atomic E-state index is 14.1. The van der Waals surface area contributed by atoms with Crippen LogP contribution >= 0.6 is 0 Å². The van der Waals surface area contributed by atoms with E-state index >= 15 is 0 Å². The first kappa shape index (κ1) is 22.3. The largest absolute Gasteiger partial charge is 0.492 e. The van der Waals surface area contributed by atoms with Crippen LogP contribution < -0.4 is 15.0 Å². The van der Waals surface area contributed by atoms with Crippen molar-refractivity contribution in [3.8, 4) is 22.9 Å². The number of carbonyl (C=O) groups is 1. The minimum atomic E-state index is -0.575. The van der Waals surface area contributed by atoms with Crippen molar-refractivity contribution >= 4 is 11.9 Å². The molecule has 7 nitrogen and oxygen atoms in total. The molecule has 1 N–H and O–H groups in total. The van der Waals surface area contributed by atoms with E-state index in [9.17, 15) is 9.18 Å². The average Bonchev–Trinajstić information content (AvgIpc) is 2.72. The number of nitrogens with zero attached hydrogens (tertiary/aromatic N) is 3. The SMILES string of the molecule is COc1c(-c2ccc(C#N)c(F)c2)ccnc1N1CCC(NC(=O)OC(C)(C)C)CC1. The number of carbonyl (C=O) groups excluding carboxylic acids is 1. The lowest BCUT2D eigenvalue weighted by molar-refractivity contribution is 0.0497. The van der Waals surface area contributed by atoms with E-state index in [0.717, 1.165) is 12.8 Å². The van der Waals surface area contributed by atoms with Gasteiger partial charge in [0, 0.05) is 30.9 Å². The fourth-order valence-corrected chi connectivity index (χ4v) is 3.57. The third-order valence-electron chi connectivity index (χ3n) is 5.01. The zero-order valence-corrected chi connectivity index (χ0v) is 18.2. The van der Waals surface area contributed by atoms with Gasteiger partial charge in [0.05, 0.1) is 12.7 Å². The van der Waals surface area contributed by atoms with Gasteiger partial charge in [-0.3, -0.25) is 0 Å². The van der Waals surface area contributed by atoms with Crippen molar-refractivity contribution in [2.75, 3.05) is 25.1 Å². The molecule has 2 heterocycles. The smallest absolute Gasteiger partial charge is 0.407 e. The molecule has 1 saturated heterocycles. The first-order chi connectivity index (χ1) is 14.7. The van der Waals surface area contributed by atoms with Crippen LogP contribution in [0.25, 0.3) is 11.1 Å². The standard InChI is InChI=1S/C23H27FN4O3/c1-23(2,3)31-22(29)27-17-8-11-28(12-9-17)21-20(30-4)18(7-10-26-21)15-5-6-16(14-25)19(24)13-15/h5-7,10,13,17H,8-9,11-12H2,1-4H3,(H,27,29). The molecule has 0 unspecified atom stereocenters. The number of piperidine rings is 1. The first-order valence-electron chi connectivity index (χ1n) is 10.2. The van der Waals surface area contributed by atoms with E-state index in [4.69, 9.17) is 14.7 Å². The summed E-state index contributed by atoms with van der Waals surface area (Å²) in [5.41, 5.74) is 0.771. The molecular formula is C23H27FN4O3. The Kier molecular flexibility index (Phi) is 6.64. The minimum absolute atomic E-state index is 0.00319. The fraction of sp³-hybridized carbons (Fsp3) is 0.435. The summed E-state index contributed by atoms with van der Waals surface area (Å²) in [5, 5.41) is 11.9. The van der Waals surface area contributed by atoms with Crippen LogP contribution in [-0.2, 0) is 4.74 Å². The van der Waals surface area contributed by atoms with Gasteiger partial charge >= 0.3 is 6.09 Å². The molecule has 1 aromatic carbocycles. The van der Waals surface area contributed by atoms with E-state index in [1.807, 2.05) is 26.8 Å². The van der Waals surface area contributed by atoms with E-state index in [1.165, 1.54) is 12.1 Å². The van der Waals surface area contributed by atoms with Crippen LogP contribution in [0.1, 0.15) is 39.2 Å². The number of ether oxygens (including phenoxy) is 2. The number of nitriles is 1. The summed E-state index contributed by atoms with van der Waals surface area (Å²) in [6.45, 7) is 6.85. The van der Waals surface area contributed by atoms with Gasteiger partial charge in [-0.05, 0) is 57.4 Å². The number of rotatable bonds is 4. The summed E-state index contributed by atoms with van der Waals surface area (Å²) in [6, 6.07) is 8.10. The lowest BCUT2D eigenvalue weighted by atomic mass is 10.0. The van der Waals surface area contributed by atoms with Gasteiger partial charge < -0.3 is 19.7 Å². The molecule has 1 aromatic heterocycles. The zero-order valence-electron chi connectivity index (χ0n) is 18.2. The number of amides is 1. The van der Waals surface area contributed by atoms with Gasteiger partial charge in [0.25, 0.3) is 0 Å². The molecule has 1 aliphatic rings. The Morgan fingerprint density at radius 1 is 1.29 bits per heavy atom. The summed E-state index contributed by atoms with van der Waals surface area (Å²) in [4.78, 5) is 18.6. The van der Waals surface area contributed by atoms with Crippen LogP contribution in [0.3, 0.4) is 0 Å². The van der Waals surface area contributed by atoms with Crippen molar-refractivity contribution in [2.24, 2.45) is 0 Å². The van der Waals surface area contributed by atoms with Crippen molar-refractivity contribution in [1.82, 2.24) is 10.3 Å². The number of anilines is 1. The van der Waals surface area contributed by atoms with Gasteiger partial charge in [-0.1, -0.05) is 6.07 Å². The molecule has 0 spiro atoms. The molecule has 1 fully saturated rings. The van der Waals surface area contributed by atoms with Gasteiger partial charge in [0.15, 0.2) is 11.6 Å². The molecule has 3 rings (SSSR count). The van der Waals surface area contributed by atoms with Crippen LogP contribution in [-0.4, -0.2) is 42.9 Å². The van der Waals surface area contributed by atoms with Gasteiger partial charge in [0.1, 0.15) is 17.5 Å². The highest BCUT2D eigenvalue weighted by atomic mass is 19.1. The molecule has 1 amide bonds. The number of alkyl carbamates (subject to hydrolysis) is 1. The molecule has 8 heteroatoms. The van der Waals surface area contributed by atoms with Gasteiger partial charge in [0.2, 0.25) is 0 Å². The van der Waals surface area contributed by atoms with Crippen molar-refractivity contribution in [2.45, 2.75) is 45.3 Å². The quantitative estimate of drug-likeness (QED) is 0.786. The predicted octanol–water partition coefficient (Wildman–Crippen LogP) is 4.26. The number of aromatic nitrogens is 1. The molecular weight excluding hydrogens is 399 g/mol. The van der Waals surface area contributed by atoms with Crippen LogP contribution in [0.4, 0.5) is 15.0 Å². The molecule has 1 aliphatic heterocycles. The maximum absolute atomic E-state index is 14.1. The zero-order chi connectivity index (χ0) is 22.6. The van der Waals surface area contributed by atoms with E-state index in [-0.39, 0.29) is 11.6 Å². The number of methoxy groups -OCH3 is 1.